The van der Waals surface area contributed by atoms with Gasteiger partial charge in [-0.1, -0.05) is 25.0 Å². The first kappa shape index (κ1) is 33.7. The fourth-order valence-corrected chi connectivity index (χ4v) is 6.83. The van der Waals surface area contributed by atoms with Crippen molar-refractivity contribution in [1.29, 1.82) is 0 Å². The Kier molecular flexibility index (Phi) is 10.3. The fraction of sp³-hybridized carbons (Fsp3) is 0.633. The molecule has 0 aromatic heterocycles. The van der Waals surface area contributed by atoms with Crippen LogP contribution < -0.4 is 15.4 Å². The van der Waals surface area contributed by atoms with E-state index in [1.54, 1.807) is 6.92 Å². The molecule has 1 aromatic carbocycles. The van der Waals surface area contributed by atoms with Gasteiger partial charge < -0.3 is 15.5 Å². The molecule has 1 aromatic rings. The van der Waals surface area contributed by atoms with Crippen molar-refractivity contribution in [3.63, 3.8) is 0 Å². The first-order valence-corrected chi connectivity index (χ1v) is 16.5. The molecule has 2 saturated carbocycles. The number of hydrogen-bond donors (Lipinski definition) is 3. The minimum atomic E-state index is -4.76. The Morgan fingerprint density at radius 2 is 1.84 bits per heavy atom. The zero-order valence-electron chi connectivity index (χ0n) is 24.9. The molecule has 4 atom stereocenters. The highest BCUT2D eigenvalue weighted by Crippen LogP contribution is 2.44. The van der Waals surface area contributed by atoms with E-state index in [-0.39, 0.29) is 29.9 Å². The number of carbonyl (C=O) groups is 3. The maximum absolute atomic E-state index is 14.1. The average molecular weight is 645 g/mol. The predicted molar refractivity (Wildman–Crippen MR) is 156 cm³/mol. The molecule has 2 aliphatic carbocycles. The second-order valence-electron chi connectivity index (χ2n) is 12.2. The molecule has 44 heavy (non-hydrogen) atoms. The number of anilines is 1. The second kappa shape index (κ2) is 13.5. The Hall–Kier alpha value is -3.16. The molecule has 1 aliphatic heterocycles. The van der Waals surface area contributed by atoms with Crippen LogP contribution in [-0.2, 0) is 30.6 Å². The topological polar surface area (TPSA) is 125 Å². The van der Waals surface area contributed by atoms with E-state index in [1.807, 2.05) is 12.2 Å². The van der Waals surface area contributed by atoms with E-state index in [0.29, 0.717) is 64.0 Å². The molecule has 3 fully saturated rings. The molecule has 14 heteroatoms. The number of carbonyl (C=O) groups excluding carboxylic acids is 3. The van der Waals surface area contributed by atoms with Gasteiger partial charge in [0.2, 0.25) is 27.7 Å². The lowest BCUT2D eigenvalue weighted by Crippen LogP contribution is -2.50. The monoisotopic (exact) mass is 644 g/mol. The summed E-state index contributed by atoms with van der Waals surface area (Å²) in [6.45, 7) is 1.96. The first-order chi connectivity index (χ1) is 20.6. The van der Waals surface area contributed by atoms with Gasteiger partial charge in [-0.05, 0) is 82.4 Å². The number of nitrogens with one attached hydrogen (secondary N) is 3. The number of hydrogen-bond acceptors (Lipinski definition) is 6. The molecule has 3 amide bonds. The molecule has 3 aliphatic rings. The van der Waals surface area contributed by atoms with Crippen LogP contribution in [-0.4, -0.2) is 61.5 Å². The van der Waals surface area contributed by atoms with Crippen LogP contribution in [0.4, 0.5) is 23.2 Å². The van der Waals surface area contributed by atoms with Crippen molar-refractivity contribution in [2.24, 2.45) is 11.8 Å². The van der Waals surface area contributed by atoms with Gasteiger partial charge in [-0.3, -0.25) is 19.1 Å². The number of benzene rings is 1. The smallest absolute Gasteiger partial charge is 0.374 e. The molecular formula is C30H40F4N4O5S. The van der Waals surface area contributed by atoms with Gasteiger partial charge in [-0.25, -0.2) is 12.8 Å². The van der Waals surface area contributed by atoms with Crippen molar-refractivity contribution in [2.45, 2.75) is 94.1 Å². The fourth-order valence-electron chi connectivity index (χ4n) is 5.53. The van der Waals surface area contributed by atoms with Gasteiger partial charge in [-0.15, -0.1) is 0 Å². The van der Waals surface area contributed by atoms with E-state index in [1.165, 1.54) is 11.9 Å². The lowest BCUT2D eigenvalue weighted by Gasteiger charge is -2.29. The van der Waals surface area contributed by atoms with Crippen LogP contribution in [0.3, 0.4) is 0 Å². The summed E-state index contributed by atoms with van der Waals surface area (Å²) in [4.78, 5) is 39.6. The maximum atomic E-state index is 14.1. The number of sulfonamides is 1. The molecule has 0 bridgehead atoms. The van der Waals surface area contributed by atoms with Gasteiger partial charge in [-0.2, -0.15) is 13.2 Å². The largest absolute Gasteiger partial charge is 0.416 e. The standard InChI is InChI=1S/C30H40F4N4O5S/c1-29(12-13-29)44(42,43)37-26(39)23-15-19(23)9-6-4-3-5-7-10-24(28(41)38-14-8-11-25(38)27(40)35-2)36-22-17-20(30(32,33)34)16-21(31)18-22/h6,9,16-19,23-25,36H,3-5,7-8,10-15H2,1-2H3,(H,35,40)(H,37,39)/b9-6-/t19-,23+,24+,25+/m1/s1. The van der Waals surface area contributed by atoms with Crippen LogP contribution in [0.1, 0.15) is 76.7 Å². The highest BCUT2D eigenvalue weighted by atomic mass is 32.2. The minimum Gasteiger partial charge on any atom is -0.374 e. The Balaban J connectivity index is 1.29. The number of nitrogens with zero attached hydrogens (tertiary/aromatic N) is 1. The SMILES string of the molecule is CNC(=O)[C@@H]1CCCN1C(=O)[C@H](CCCCC/C=C\[C@@H]1C[C@@H]1C(=O)NS(=O)(=O)C1(C)CC1)Nc1cc(F)cc(C(F)(F)F)c1. The summed E-state index contributed by atoms with van der Waals surface area (Å²) in [5.74, 6) is -2.66. The first-order valence-electron chi connectivity index (χ1n) is 15.0. The van der Waals surface area contributed by atoms with Crippen molar-refractivity contribution < 1.29 is 40.4 Å². The Bertz CT molecular complexity index is 1380. The van der Waals surface area contributed by atoms with Crippen LogP contribution in [0.25, 0.3) is 0 Å². The van der Waals surface area contributed by atoms with Gasteiger partial charge >= 0.3 is 6.18 Å². The lowest BCUT2D eigenvalue weighted by atomic mass is 10.0. The summed E-state index contributed by atoms with van der Waals surface area (Å²) < 4.78 is 79.8. The normalized spacial score (nSPS) is 23.3. The highest BCUT2D eigenvalue weighted by molar-refractivity contribution is 7.91. The van der Waals surface area contributed by atoms with Crippen LogP contribution in [0, 0.1) is 17.7 Å². The number of allylic oxidation sites excluding steroid dienone is 2. The maximum Gasteiger partial charge on any atom is 0.416 e. The van der Waals surface area contributed by atoms with Gasteiger partial charge in [0.15, 0.2) is 0 Å². The van der Waals surface area contributed by atoms with Gasteiger partial charge in [0.05, 0.1) is 10.3 Å². The van der Waals surface area contributed by atoms with Crippen LogP contribution in [0.2, 0.25) is 0 Å². The number of halogens is 4. The number of rotatable bonds is 14. The van der Waals surface area contributed by atoms with Gasteiger partial charge in [0, 0.05) is 25.2 Å². The molecule has 9 nitrogen and oxygen atoms in total. The second-order valence-corrected chi connectivity index (χ2v) is 14.4. The molecule has 1 heterocycles. The minimum absolute atomic E-state index is 0.00926. The van der Waals surface area contributed by atoms with Crippen LogP contribution in [0.15, 0.2) is 30.4 Å². The summed E-state index contributed by atoms with van der Waals surface area (Å²) in [5.41, 5.74) is -1.34. The van der Waals surface area contributed by atoms with Gasteiger partial charge in [0.25, 0.3) is 0 Å². The Morgan fingerprint density at radius 1 is 1.11 bits per heavy atom. The number of likely N-dealkylation sites (N-methyl/N-ethyl adjacent to an activating group) is 1. The Morgan fingerprint density at radius 3 is 2.50 bits per heavy atom. The summed E-state index contributed by atoms with van der Waals surface area (Å²) >= 11 is 0. The zero-order chi connectivity index (χ0) is 32.3. The van der Waals surface area contributed by atoms with E-state index >= 15 is 0 Å². The van der Waals surface area contributed by atoms with Crippen molar-refractivity contribution in [3.05, 3.63) is 41.7 Å². The van der Waals surface area contributed by atoms with Crippen molar-refractivity contribution in [2.75, 3.05) is 18.9 Å². The van der Waals surface area contributed by atoms with E-state index in [2.05, 4.69) is 15.4 Å². The predicted octanol–water partition coefficient (Wildman–Crippen LogP) is 4.50. The zero-order valence-corrected chi connectivity index (χ0v) is 25.7. The van der Waals surface area contributed by atoms with Crippen molar-refractivity contribution in [3.8, 4) is 0 Å². The third-order valence-corrected chi connectivity index (χ3v) is 10.9. The number of amides is 3. The van der Waals surface area contributed by atoms with E-state index in [4.69, 9.17) is 0 Å². The summed E-state index contributed by atoms with van der Waals surface area (Å²) in [6.07, 6.45) is 4.80. The molecule has 4 rings (SSSR count). The summed E-state index contributed by atoms with van der Waals surface area (Å²) in [5, 5.41) is 5.34. The molecule has 0 unspecified atom stereocenters. The van der Waals surface area contributed by atoms with Crippen molar-refractivity contribution >= 4 is 33.4 Å². The number of unbranched alkanes of at least 4 members (excludes halogenated alkanes) is 3. The molecule has 1 saturated heterocycles. The number of likely N-dealkylation sites (tertiary alicyclic amines) is 1. The third kappa shape index (κ3) is 8.30. The summed E-state index contributed by atoms with van der Waals surface area (Å²) in [7, 11) is -2.18. The van der Waals surface area contributed by atoms with E-state index < -0.39 is 56.2 Å². The lowest BCUT2D eigenvalue weighted by molar-refractivity contribution is -0.138. The van der Waals surface area contributed by atoms with Crippen LogP contribution >= 0.6 is 0 Å². The quantitative estimate of drug-likeness (QED) is 0.156. The molecular weight excluding hydrogens is 604 g/mol. The molecule has 0 radical (unpaired) electrons. The Labute approximate surface area is 255 Å². The van der Waals surface area contributed by atoms with Crippen LogP contribution in [0.5, 0.6) is 0 Å². The molecule has 244 valence electrons. The highest BCUT2D eigenvalue weighted by Gasteiger charge is 2.52. The van der Waals surface area contributed by atoms with E-state index in [0.717, 1.165) is 18.6 Å². The molecule has 0 spiro atoms. The van der Waals surface area contributed by atoms with E-state index in [9.17, 15) is 40.4 Å². The molecule has 3 N–H and O–H groups in total. The summed E-state index contributed by atoms with van der Waals surface area (Å²) in [6, 6.07) is 0.433. The number of alkyl halides is 3. The third-order valence-electron chi connectivity index (χ3n) is 8.71. The average Bonchev–Trinajstić information content (AvgIpc) is 3.85. The van der Waals surface area contributed by atoms with Crippen molar-refractivity contribution in [1.82, 2.24) is 14.9 Å². The van der Waals surface area contributed by atoms with Gasteiger partial charge in [0.1, 0.15) is 17.9 Å².